The van der Waals surface area contributed by atoms with Crippen LogP contribution in [0.2, 0.25) is 0 Å². The van der Waals surface area contributed by atoms with E-state index in [9.17, 15) is 14.7 Å². The molecule has 160 valence electrons. The van der Waals surface area contributed by atoms with Crippen LogP contribution in [0.3, 0.4) is 0 Å². The summed E-state index contributed by atoms with van der Waals surface area (Å²) < 4.78 is 13.8. The van der Waals surface area contributed by atoms with Crippen molar-refractivity contribution in [3.8, 4) is 0 Å². The summed E-state index contributed by atoms with van der Waals surface area (Å²) >= 11 is 1.00. The molecule has 1 aliphatic heterocycles. The lowest BCUT2D eigenvalue weighted by atomic mass is 9.95. The van der Waals surface area contributed by atoms with E-state index in [1.807, 2.05) is 20.8 Å². The lowest BCUT2D eigenvalue weighted by Gasteiger charge is -2.25. The molecule has 2 aromatic rings. The second kappa shape index (κ2) is 8.76. The molecule has 1 aliphatic rings. The number of thiazole rings is 1. The fourth-order valence-electron chi connectivity index (χ4n) is 3.66. The van der Waals surface area contributed by atoms with Gasteiger partial charge in [0, 0.05) is 12.3 Å². The summed E-state index contributed by atoms with van der Waals surface area (Å²) in [5.41, 5.74) is 6.11. The summed E-state index contributed by atoms with van der Waals surface area (Å²) in [5, 5.41) is 10.3. The monoisotopic (exact) mass is 424 g/mol. The van der Waals surface area contributed by atoms with Crippen LogP contribution in [0.5, 0.6) is 0 Å². The summed E-state index contributed by atoms with van der Waals surface area (Å²) in [5.74, 6) is -0.368. The number of anilines is 1. The number of carbonyl (C=O) groups excluding carboxylic acids is 1. The second-order valence-corrected chi connectivity index (χ2v) is 8.88. The summed E-state index contributed by atoms with van der Waals surface area (Å²) in [7, 11) is 0. The molecule has 0 radical (unpaired) electrons. The number of ether oxygens (including phenoxy) is 2. The number of nitrogens with zero attached hydrogens (tertiary/aromatic N) is 3. The van der Waals surface area contributed by atoms with E-state index in [0.29, 0.717) is 29.6 Å². The zero-order valence-corrected chi connectivity index (χ0v) is 17.9. The first kappa shape index (κ1) is 21.7. The number of aliphatic hydroxyl groups is 1. The van der Waals surface area contributed by atoms with Gasteiger partial charge in [-0.1, -0.05) is 32.1 Å². The quantitative estimate of drug-likeness (QED) is 0.646. The average molecular weight is 425 g/mol. The first-order chi connectivity index (χ1) is 13.7. The third kappa shape index (κ3) is 4.59. The highest BCUT2D eigenvalue weighted by Gasteiger charge is 2.44. The second-order valence-electron chi connectivity index (χ2n) is 7.89. The van der Waals surface area contributed by atoms with Crippen molar-refractivity contribution in [3.05, 3.63) is 15.9 Å². The van der Waals surface area contributed by atoms with Crippen molar-refractivity contribution in [1.82, 2.24) is 14.5 Å². The molecule has 2 aromatic heterocycles. The average Bonchev–Trinajstić information content (AvgIpc) is 3.20. The molecule has 9 nitrogen and oxygen atoms in total. The molecule has 3 N–H and O–H groups in total. The fourth-order valence-corrected chi connectivity index (χ4v) is 4.47. The van der Waals surface area contributed by atoms with Gasteiger partial charge in [0.2, 0.25) is 5.95 Å². The third-order valence-corrected chi connectivity index (χ3v) is 6.04. The van der Waals surface area contributed by atoms with Gasteiger partial charge in [-0.3, -0.25) is 14.2 Å². The van der Waals surface area contributed by atoms with Gasteiger partial charge in [0.05, 0.1) is 23.1 Å². The molecule has 0 aliphatic carbocycles. The number of fused-ring (bicyclic) bond motifs is 1. The molecule has 0 spiro atoms. The van der Waals surface area contributed by atoms with Gasteiger partial charge in [-0.25, -0.2) is 4.98 Å². The lowest BCUT2D eigenvalue weighted by Crippen LogP contribution is -2.32. The van der Waals surface area contributed by atoms with Crippen molar-refractivity contribution in [2.45, 2.75) is 71.5 Å². The van der Waals surface area contributed by atoms with Crippen LogP contribution in [-0.2, 0) is 14.3 Å². The Kier molecular flexibility index (Phi) is 6.55. The highest BCUT2D eigenvalue weighted by Crippen LogP contribution is 2.40. The maximum atomic E-state index is 12.7. The van der Waals surface area contributed by atoms with E-state index in [-0.39, 0.29) is 28.6 Å². The van der Waals surface area contributed by atoms with Crippen LogP contribution < -0.4 is 10.6 Å². The van der Waals surface area contributed by atoms with Crippen LogP contribution in [0.4, 0.5) is 5.95 Å². The molecular weight excluding hydrogens is 396 g/mol. The van der Waals surface area contributed by atoms with Gasteiger partial charge in [-0.15, -0.1) is 0 Å². The largest absolute Gasteiger partial charge is 0.462 e. The fraction of sp³-hybridized carbons (Fsp3) is 0.684. The Labute approximate surface area is 172 Å². The number of nitrogen functional groups attached to an aromatic ring is 1. The minimum atomic E-state index is -0.724. The van der Waals surface area contributed by atoms with Crippen molar-refractivity contribution in [1.29, 1.82) is 0 Å². The Morgan fingerprint density at radius 1 is 1.48 bits per heavy atom. The van der Waals surface area contributed by atoms with Crippen LogP contribution in [0.1, 0.15) is 53.2 Å². The minimum absolute atomic E-state index is 0.0557. The molecule has 1 unspecified atom stereocenters. The van der Waals surface area contributed by atoms with Gasteiger partial charge < -0.3 is 20.3 Å². The van der Waals surface area contributed by atoms with Crippen molar-refractivity contribution < 1.29 is 19.4 Å². The SMILES string of the molecule is CC[C@H](O)C1C[C@@H]([C@@H](C)OC(=O)CC(C)C)[C@H](n2c(=O)sc3cnc(N)nc32)O1. The zero-order chi connectivity index (χ0) is 21.3. The molecule has 29 heavy (non-hydrogen) atoms. The minimum Gasteiger partial charge on any atom is -0.462 e. The summed E-state index contributed by atoms with van der Waals surface area (Å²) in [6.07, 6.45) is 0.423. The molecule has 1 saturated heterocycles. The van der Waals surface area contributed by atoms with Crippen LogP contribution in [-0.4, -0.2) is 43.9 Å². The maximum absolute atomic E-state index is 12.7. The number of hydrogen-bond acceptors (Lipinski definition) is 9. The molecule has 0 amide bonds. The van der Waals surface area contributed by atoms with Gasteiger partial charge in [-0.2, -0.15) is 4.98 Å². The van der Waals surface area contributed by atoms with Gasteiger partial charge in [0.25, 0.3) is 0 Å². The van der Waals surface area contributed by atoms with Crippen LogP contribution in [0, 0.1) is 11.8 Å². The smallest absolute Gasteiger partial charge is 0.311 e. The Morgan fingerprint density at radius 3 is 2.86 bits per heavy atom. The predicted molar refractivity (Wildman–Crippen MR) is 109 cm³/mol. The topological polar surface area (TPSA) is 130 Å². The summed E-state index contributed by atoms with van der Waals surface area (Å²) in [4.78, 5) is 32.8. The predicted octanol–water partition coefficient (Wildman–Crippen LogP) is 2.09. The number of hydrogen-bond donors (Lipinski definition) is 2. The third-order valence-electron chi connectivity index (χ3n) is 5.16. The molecule has 3 rings (SSSR count). The van der Waals surface area contributed by atoms with E-state index in [2.05, 4.69) is 9.97 Å². The standard InChI is InChI=1S/C19H28N4O5S/c1-5-12(24)13-7-11(10(4)27-15(25)6-9(2)3)17(28-13)23-16-14(29-19(23)26)8-21-18(20)22-16/h8-13,17,24H,5-7H2,1-4H3,(H2,20,21,22)/t10-,11+,12+,13?,17-/m1/s1. The Balaban J connectivity index is 1.95. The van der Waals surface area contributed by atoms with Crippen molar-refractivity contribution in [3.63, 3.8) is 0 Å². The number of nitrogens with two attached hydrogens (primary N) is 1. The number of carbonyl (C=O) groups is 1. The van der Waals surface area contributed by atoms with E-state index >= 15 is 0 Å². The van der Waals surface area contributed by atoms with Gasteiger partial charge in [-0.05, 0) is 25.7 Å². The van der Waals surface area contributed by atoms with Crippen molar-refractivity contribution in [2.24, 2.45) is 11.8 Å². The highest BCUT2D eigenvalue weighted by atomic mass is 32.1. The molecule has 0 bridgehead atoms. The Bertz CT molecular complexity index is 927. The molecule has 0 aromatic carbocycles. The van der Waals surface area contributed by atoms with Gasteiger partial charge in [0.15, 0.2) is 5.65 Å². The number of rotatable bonds is 7. The zero-order valence-electron chi connectivity index (χ0n) is 17.1. The Morgan fingerprint density at radius 2 is 2.21 bits per heavy atom. The van der Waals surface area contributed by atoms with Crippen LogP contribution in [0.15, 0.2) is 11.0 Å². The molecule has 0 saturated carbocycles. The van der Waals surface area contributed by atoms with E-state index in [1.165, 1.54) is 10.8 Å². The number of esters is 1. The summed E-state index contributed by atoms with van der Waals surface area (Å²) in [6.45, 7) is 7.55. The van der Waals surface area contributed by atoms with Crippen LogP contribution >= 0.6 is 11.3 Å². The van der Waals surface area contributed by atoms with E-state index in [1.54, 1.807) is 6.92 Å². The summed E-state index contributed by atoms with van der Waals surface area (Å²) in [6, 6.07) is 0. The molecule has 3 heterocycles. The normalized spacial score (nSPS) is 24.1. The molecular formula is C19H28N4O5S. The highest BCUT2D eigenvalue weighted by molar-refractivity contribution is 7.16. The van der Waals surface area contributed by atoms with Crippen molar-refractivity contribution in [2.75, 3.05) is 5.73 Å². The first-order valence-electron chi connectivity index (χ1n) is 9.87. The van der Waals surface area contributed by atoms with Gasteiger partial charge >= 0.3 is 10.8 Å². The maximum Gasteiger partial charge on any atom is 0.311 e. The molecule has 1 fully saturated rings. The van der Waals surface area contributed by atoms with Gasteiger partial charge in [0.1, 0.15) is 12.3 Å². The Hall–Kier alpha value is -2.04. The molecule has 10 heteroatoms. The van der Waals surface area contributed by atoms with Crippen molar-refractivity contribution >= 4 is 33.6 Å². The van der Waals surface area contributed by atoms with E-state index < -0.39 is 24.5 Å². The molecule has 5 atom stereocenters. The van der Waals surface area contributed by atoms with E-state index in [4.69, 9.17) is 15.2 Å². The van der Waals surface area contributed by atoms with E-state index in [0.717, 1.165) is 11.3 Å². The lowest BCUT2D eigenvalue weighted by molar-refractivity contribution is -0.154. The number of aliphatic hydroxyl groups excluding tert-OH is 1. The van der Waals surface area contributed by atoms with Crippen LogP contribution in [0.25, 0.3) is 10.3 Å². The number of aromatic nitrogens is 3. The first-order valence-corrected chi connectivity index (χ1v) is 10.7.